The van der Waals surface area contributed by atoms with Crippen LogP contribution in [0.15, 0.2) is 12.0 Å². The van der Waals surface area contributed by atoms with Crippen molar-refractivity contribution >= 4 is 37.7 Å². The zero-order chi connectivity index (χ0) is 11.7. The SMILES string of the molecule is CCOC1=C(Br)c2nc(Cl)ncc2N(C)C1. The van der Waals surface area contributed by atoms with E-state index < -0.39 is 0 Å². The third-order valence-electron chi connectivity index (χ3n) is 2.30. The summed E-state index contributed by atoms with van der Waals surface area (Å²) in [5.41, 5.74) is 1.72. The van der Waals surface area contributed by atoms with Crippen LogP contribution in [0.25, 0.3) is 4.48 Å². The molecule has 16 heavy (non-hydrogen) atoms. The Balaban J connectivity index is 2.51. The average Bonchev–Trinajstić information content (AvgIpc) is 2.25. The molecule has 0 aromatic carbocycles. The molecule has 86 valence electrons. The summed E-state index contributed by atoms with van der Waals surface area (Å²) in [6.07, 6.45) is 1.72. The maximum atomic E-state index is 5.79. The van der Waals surface area contributed by atoms with E-state index in [1.165, 1.54) is 0 Å². The van der Waals surface area contributed by atoms with Crippen molar-refractivity contribution in [2.45, 2.75) is 6.92 Å². The second-order valence-corrected chi connectivity index (χ2v) is 4.53. The topological polar surface area (TPSA) is 38.3 Å². The molecule has 6 heteroatoms. The highest BCUT2D eigenvalue weighted by Gasteiger charge is 2.23. The quantitative estimate of drug-likeness (QED) is 0.787. The molecule has 0 unspecified atom stereocenters. The zero-order valence-corrected chi connectivity index (χ0v) is 11.3. The van der Waals surface area contributed by atoms with Crippen molar-refractivity contribution in [1.29, 1.82) is 0 Å². The van der Waals surface area contributed by atoms with Crippen molar-refractivity contribution in [3.8, 4) is 0 Å². The van der Waals surface area contributed by atoms with Crippen LogP contribution in [0.4, 0.5) is 5.69 Å². The van der Waals surface area contributed by atoms with E-state index in [2.05, 4.69) is 25.9 Å². The van der Waals surface area contributed by atoms with Gasteiger partial charge >= 0.3 is 0 Å². The minimum absolute atomic E-state index is 0.238. The molecule has 2 heterocycles. The molecular formula is C10H11BrClN3O. The van der Waals surface area contributed by atoms with Crippen LogP contribution in [0.1, 0.15) is 12.6 Å². The van der Waals surface area contributed by atoms with Crippen LogP contribution in [0.5, 0.6) is 0 Å². The predicted octanol–water partition coefficient (Wildman–Crippen LogP) is 2.68. The highest BCUT2D eigenvalue weighted by molar-refractivity contribution is 9.15. The van der Waals surface area contributed by atoms with Gasteiger partial charge in [0.1, 0.15) is 11.5 Å². The Kier molecular flexibility index (Phi) is 3.35. The molecule has 0 saturated heterocycles. The number of rotatable bonds is 2. The van der Waals surface area contributed by atoms with E-state index in [0.29, 0.717) is 13.2 Å². The minimum atomic E-state index is 0.238. The molecule has 0 spiro atoms. The maximum Gasteiger partial charge on any atom is 0.223 e. The summed E-state index contributed by atoms with van der Waals surface area (Å²) in [4.78, 5) is 10.2. The van der Waals surface area contributed by atoms with E-state index in [-0.39, 0.29) is 5.28 Å². The number of aromatic nitrogens is 2. The van der Waals surface area contributed by atoms with Gasteiger partial charge in [-0.1, -0.05) is 0 Å². The molecule has 0 fully saturated rings. The van der Waals surface area contributed by atoms with Crippen LogP contribution in [0.2, 0.25) is 5.28 Å². The highest BCUT2D eigenvalue weighted by Crippen LogP contribution is 2.36. The summed E-state index contributed by atoms with van der Waals surface area (Å²) in [6, 6.07) is 0. The fourth-order valence-corrected chi connectivity index (χ4v) is 2.25. The standard InChI is InChI=1S/C10H11BrClN3O/c1-3-16-7-5-15(2)6-4-13-10(12)14-9(6)8(7)11/h4H,3,5H2,1-2H3. The van der Waals surface area contributed by atoms with Gasteiger partial charge in [-0.2, -0.15) is 0 Å². The van der Waals surface area contributed by atoms with E-state index >= 15 is 0 Å². The normalized spacial score (nSPS) is 15.1. The van der Waals surface area contributed by atoms with Gasteiger partial charge in [-0.05, 0) is 34.5 Å². The van der Waals surface area contributed by atoms with E-state index in [1.54, 1.807) is 6.20 Å². The van der Waals surface area contributed by atoms with Crippen LogP contribution in [-0.2, 0) is 4.74 Å². The number of likely N-dealkylation sites (N-methyl/N-ethyl adjacent to an activating group) is 1. The minimum Gasteiger partial charge on any atom is -0.495 e. The van der Waals surface area contributed by atoms with Gasteiger partial charge in [0.2, 0.25) is 5.28 Å². The number of ether oxygens (including phenoxy) is 1. The zero-order valence-electron chi connectivity index (χ0n) is 9.00. The first-order chi connectivity index (χ1) is 7.63. The predicted molar refractivity (Wildman–Crippen MR) is 67.8 cm³/mol. The third-order valence-corrected chi connectivity index (χ3v) is 3.30. The third kappa shape index (κ3) is 2.01. The molecule has 0 radical (unpaired) electrons. The molecule has 1 aromatic heterocycles. The first-order valence-electron chi connectivity index (χ1n) is 4.89. The number of nitrogens with zero attached hydrogens (tertiary/aromatic N) is 3. The van der Waals surface area contributed by atoms with Crippen molar-refractivity contribution in [2.75, 3.05) is 25.1 Å². The molecule has 1 aliphatic heterocycles. The molecular weight excluding hydrogens is 293 g/mol. The summed E-state index contributed by atoms with van der Waals surface area (Å²) in [7, 11) is 1.97. The largest absolute Gasteiger partial charge is 0.495 e. The molecule has 0 N–H and O–H groups in total. The van der Waals surface area contributed by atoms with Crippen molar-refractivity contribution in [3.05, 3.63) is 22.9 Å². The van der Waals surface area contributed by atoms with Gasteiger partial charge in [0.05, 0.1) is 29.5 Å². The van der Waals surface area contributed by atoms with Crippen molar-refractivity contribution in [1.82, 2.24) is 9.97 Å². The number of fused-ring (bicyclic) bond motifs is 1. The fourth-order valence-electron chi connectivity index (χ4n) is 1.58. The van der Waals surface area contributed by atoms with Gasteiger partial charge < -0.3 is 9.64 Å². The molecule has 2 rings (SSSR count). The molecule has 0 aliphatic carbocycles. The Morgan fingerprint density at radius 1 is 1.62 bits per heavy atom. The van der Waals surface area contributed by atoms with E-state index in [1.807, 2.05) is 18.9 Å². The first kappa shape index (κ1) is 11.7. The van der Waals surface area contributed by atoms with Gasteiger partial charge in [0.15, 0.2) is 0 Å². The number of anilines is 1. The second kappa shape index (κ2) is 4.59. The van der Waals surface area contributed by atoms with Gasteiger partial charge in [-0.15, -0.1) is 0 Å². The van der Waals surface area contributed by atoms with E-state index in [9.17, 15) is 0 Å². The second-order valence-electron chi connectivity index (χ2n) is 3.40. The average molecular weight is 305 g/mol. The van der Waals surface area contributed by atoms with Crippen LogP contribution >= 0.6 is 27.5 Å². The Labute approximate surface area is 107 Å². The smallest absolute Gasteiger partial charge is 0.223 e. The lowest BCUT2D eigenvalue weighted by molar-refractivity contribution is 0.227. The highest BCUT2D eigenvalue weighted by atomic mass is 79.9. The number of halogens is 2. The van der Waals surface area contributed by atoms with Crippen LogP contribution < -0.4 is 4.90 Å². The Morgan fingerprint density at radius 2 is 2.38 bits per heavy atom. The lowest BCUT2D eigenvalue weighted by atomic mass is 10.2. The van der Waals surface area contributed by atoms with Gasteiger partial charge in [0, 0.05) is 7.05 Å². The van der Waals surface area contributed by atoms with Gasteiger partial charge in [-0.3, -0.25) is 0 Å². The van der Waals surface area contributed by atoms with Crippen LogP contribution in [0.3, 0.4) is 0 Å². The van der Waals surface area contributed by atoms with Crippen molar-refractivity contribution < 1.29 is 4.74 Å². The van der Waals surface area contributed by atoms with Gasteiger partial charge in [-0.25, -0.2) is 9.97 Å². The van der Waals surface area contributed by atoms with E-state index in [4.69, 9.17) is 16.3 Å². The molecule has 0 amide bonds. The molecule has 0 saturated carbocycles. The Morgan fingerprint density at radius 3 is 3.06 bits per heavy atom. The summed E-state index contributed by atoms with van der Waals surface area (Å²) in [6.45, 7) is 3.29. The maximum absolute atomic E-state index is 5.79. The lowest BCUT2D eigenvalue weighted by Gasteiger charge is -2.28. The lowest BCUT2D eigenvalue weighted by Crippen LogP contribution is -2.27. The summed E-state index contributed by atoms with van der Waals surface area (Å²) in [5.74, 6) is 0.868. The first-order valence-corrected chi connectivity index (χ1v) is 6.06. The van der Waals surface area contributed by atoms with Crippen LogP contribution in [-0.4, -0.2) is 30.2 Å². The Hall–Kier alpha value is -0.810. The molecule has 1 aliphatic rings. The summed E-state index contributed by atoms with van der Waals surface area (Å²) >= 11 is 9.28. The summed E-state index contributed by atoms with van der Waals surface area (Å²) < 4.78 is 6.40. The van der Waals surface area contributed by atoms with Crippen molar-refractivity contribution in [3.63, 3.8) is 0 Å². The van der Waals surface area contributed by atoms with Crippen LogP contribution in [0, 0.1) is 0 Å². The monoisotopic (exact) mass is 303 g/mol. The van der Waals surface area contributed by atoms with E-state index in [0.717, 1.165) is 21.6 Å². The molecule has 1 aromatic rings. The number of hydrogen-bond acceptors (Lipinski definition) is 4. The Bertz CT molecular complexity index is 450. The summed E-state index contributed by atoms with van der Waals surface area (Å²) in [5, 5.41) is 0.238. The number of hydrogen-bond donors (Lipinski definition) is 0. The van der Waals surface area contributed by atoms with Gasteiger partial charge in [0.25, 0.3) is 0 Å². The molecule has 0 bridgehead atoms. The fraction of sp³-hybridized carbons (Fsp3) is 0.400. The molecule has 0 atom stereocenters. The molecule has 4 nitrogen and oxygen atoms in total. The van der Waals surface area contributed by atoms with Crippen molar-refractivity contribution in [2.24, 2.45) is 0 Å².